The Morgan fingerprint density at radius 3 is 1.22 bits per heavy atom. The van der Waals surface area contributed by atoms with Gasteiger partial charge < -0.3 is 24.2 Å². The number of esters is 3. The molecule has 0 rings (SSSR count). The van der Waals surface area contributed by atoms with Gasteiger partial charge >= 0.3 is 17.9 Å². The zero-order valence-electron chi connectivity index (χ0n) is 39.9. The van der Waals surface area contributed by atoms with Crippen molar-refractivity contribution in [1.82, 2.24) is 4.90 Å². The number of ether oxygens (including phenoxy) is 3. The summed E-state index contributed by atoms with van der Waals surface area (Å²) in [5, 5.41) is 9.52. The third-order valence-corrected chi connectivity index (χ3v) is 12.2. The van der Waals surface area contributed by atoms with Crippen molar-refractivity contribution in [3.8, 4) is 0 Å². The average Bonchev–Trinajstić information content (AvgIpc) is 3.24. The van der Waals surface area contributed by atoms with Crippen LogP contribution in [0.4, 0.5) is 0 Å². The molecule has 0 aromatic heterocycles. The number of aliphatic hydroxyl groups is 1. The van der Waals surface area contributed by atoms with Crippen LogP contribution in [0.1, 0.15) is 253 Å². The van der Waals surface area contributed by atoms with Gasteiger partial charge in [0.2, 0.25) is 0 Å². The highest BCUT2D eigenvalue weighted by atomic mass is 16.6. The number of carbonyl (C=O) groups is 3. The molecule has 0 spiro atoms. The van der Waals surface area contributed by atoms with E-state index >= 15 is 0 Å². The van der Waals surface area contributed by atoms with Crippen molar-refractivity contribution in [2.24, 2.45) is 11.3 Å². The summed E-state index contributed by atoms with van der Waals surface area (Å²) in [6.07, 6.45) is 36.8. The third-order valence-electron chi connectivity index (χ3n) is 12.2. The predicted octanol–water partition coefficient (Wildman–Crippen LogP) is 13.9. The fourth-order valence-corrected chi connectivity index (χ4v) is 7.95. The molecule has 0 saturated carbocycles. The van der Waals surface area contributed by atoms with Crippen molar-refractivity contribution < 1.29 is 33.7 Å². The molecule has 0 radical (unpaired) electrons. The van der Waals surface area contributed by atoms with E-state index in [1.54, 1.807) is 6.92 Å². The van der Waals surface area contributed by atoms with Gasteiger partial charge in [-0.15, -0.1) is 0 Å². The van der Waals surface area contributed by atoms with E-state index in [0.717, 1.165) is 142 Å². The van der Waals surface area contributed by atoms with E-state index in [-0.39, 0.29) is 18.5 Å². The lowest BCUT2D eigenvalue weighted by atomic mass is 9.84. The first-order valence-electron chi connectivity index (χ1n) is 25.6. The van der Waals surface area contributed by atoms with E-state index in [9.17, 15) is 19.5 Å². The van der Waals surface area contributed by atoms with Gasteiger partial charge in [0.15, 0.2) is 5.41 Å². The molecule has 8 heteroatoms. The molecule has 0 aliphatic heterocycles. The van der Waals surface area contributed by atoms with Crippen LogP contribution in [0.15, 0.2) is 0 Å². The molecular formula is C51H99NO7. The molecule has 8 nitrogen and oxygen atoms in total. The van der Waals surface area contributed by atoms with Gasteiger partial charge in [0, 0.05) is 13.2 Å². The molecule has 0 fully saturated rings. The van der Waals surface area contributed by atoms with Crippen LogP contribution in [0.3, 0.4) is 0 Å². The minimum absolute atomic E-state index is 0.0294. The van der Waals surface area contributed by atoms with E-state index in [1.165, 1.54) is 89.9 Å². The van der Waals surface area contributed by atoms with E-state index in [2.05, 4.69) is 32.6 Å². The van der Waals surface area contributed by atoms with Gasteiger partial charge in [0.25, 0.3) is 0 Å². The molecule has 1 unspecified atom stereocenters. The first-order valence-corrected chi connectivity index (χ1v) is 25.6. The number of hydrogen-bond donors (Lipinski definition) is 1. The zero-order valence-corrected chi connectivity index (χ0v) is 39.9. The Morgan fingerprint density at radius 2 is 0.780 bits per heavy atom. The maximum Gasteiger partial charge on any atom is 0.323 e. The van der Waals surface area contributed by atoms with Crippen molar-refractivity contribution in [1.29, 1.82) is 0 Å². The molecule has 1 N–H and O–H groups in total. The van der Waals surface area contributed by atoms with Gasteiger partial charge in [-0.05, 0) is 77.8 Å². The second kappa shape index (κ2) is 43.0. The second-order valence-electron chi connectivity index (χ2n) is 17.9. The molecule has 0 aromatic rings. The molecule has 59 heavy (non-hydrogen) atoms. The summed E-state index contributed by atoms with van der Waals surface area (Å²) in [5.74, 6) is -0.771. The number of carbonyl (C=O) groups excluding carboxylic acids is 3. The first-order chi connectivity index (χ1) is 28.8. The van der Waals surface area contributed by atoms with Crippen LogP contribution in [0.25, 0.3) is 0 Å². The third kappa shape index (κ3) is 33.6. The SMILES string of the molecule is CCCCCCCCOC(=O)C(C)(CCCCCCN(CCCO)CCCCCCOC(=O)C(CCCCCC)CCCCCCCC)C(=O)OCCCCCCCC. The fraction of sp³-hybridized carbons (Fsp3) is 0.941. The molecule has 0 heterocycles. The summed E-state index contributed by atoms with van der Waals surface area (Å²) in [6.45, 7) is 14.9. The van der Waals surface area contributed by atoms with Crippen molar-refractivity contribution in [2.45, 2.75) is 253 Å². The van der Waals surface area contributed by atoms with Crippen LogP contribution >= 0.6 is 0 Å². The lowest BCUT2D eigenvalue weighted by molar-refractivity contribution is -0.172. The van der Waals surface area contributed by atoms with Crippen LogP contribution in [0.5, 0.6) is 0 Å². The van der Waals surface area contributed by atoms with Crippen LogP contribution < -0.4 is 0 Å². The summed E-state index contributed by atoms with van der Waals surface area (Å²) >= 11 is 0. The standard InChI is InChI=1S/C51H99NO7/c1-6-10-14-18-21-29-38-47(37-28-17-13-9-4)48(54)57-44-33-27-24-32-41-52(42-36-43-53)40-31-23-22-30-39-51(5,49(55)58-45-34-25-19-15-11-7-2)50(56)59-46-35-26-20-16-12-8-3/h47,53H,6-46H2,1-5H3. The van der Waals surface area contributed by atoms with Crippen molar-refractivity contribution in [3.63, 3.8) is 0 Å². The quantitative estimate of drug-likeness (QED) is 0.0280. The molecule has 350 valence electrons. The maximum absolute atomic E-state index is 13.3. The highest BCUT2D eigenvalue weighted by Gasteiger charge is 2.43. The van der Waals surface area contributed by atoms with Gasteiger partial charge in [-0.25, -0.2) is 0 Å². The number of aliphatic hydroxyl groups excluding tert-OH is 1. The fourth-order valence-electron chi connectivity index (χ4n) is 7.95. The van der Waals surface area contributed by atoms with E-state index in [1.807, 2.05) is 0 Å². The van der Waals surface area contributed by atoms with Gasteiger partial charge in [-0.1, -0.05) is 188 Å². The first kappa shape index (κ1) is 57.3. The Labute approximate surface area is 365 Å². The molecular weight excluding hydrogens is 739 g/mol. The Balaban J connectivity index is 4.69. The Kier molecular flexibility index (Phi) is 41.8. The van der Waals surface area contributed by atoms with Crippen LogP contribution in [-0.4, -0.2) is 74.0 Å². The minimum Gasteiger partial charge on any atom is -0.465 e. The van der Waals surface area contributed by atoms with Gasteiger partial charge in [0.05, 0.1) is 25.7 Å². The topological polar surface area (TPSA) is 102 Å². The number of hydrogen-bond acceptors (Lipinski definition) is 8. The monoisotopic (exact) mass is 838 g/mol. The Hall–Kier alpha value is -1.67. The van der Waals surface area contributed by atoms with Gasteiger partial charge in [-0.3, -0.25) is 14.4 Å². The summed E-state index contributed by atoms with van der Waals surface area (Å²) in [5.41, 5.74) is -1.26. The zero-order chi connectivity index (χ0) is 43.5. The molecule has 0 bridgehead atoms. The van der Waals surface area contributed by atoms with Crippen LogP contribution in [0, 0.1) is 11.3 Å². The summed E-state index contributed by atoms with van der Waals surface area (Å²) in [4.78, 5) is 42.2. The smallest absolute Gasteiger partial charge is 0.323 e. The number of rotatable bonds is 46. The van der Waals surface area contributed by atoms with E-state index in [0.29, 0.717) is 26.2 Å². The number of unbranched alkanes of at least 4 members (excludes halogenated alkanes) is 24. The van der Waals surface area contributed by atoms with Crippen LogP contribution in [-0.2, 0) is 28.6 Å². The van der Waals surface area contributed by atoms with Gasteiger partial charge in [-0.2, -0.15) is 0 Å². The minimum atomic E-state index is -1.26. The molecule has 0 aliphatic carbocycles. The molecule has 0 amide bonds. The van der Waals surface area contributed by atoms with Crippen molar-refractivity contribution in [2.75, 3.05) is 46.1 Å². The highest BCUT2D eigenvalue weighted by molar-refractivity contribution is 5.99. The van der Waals surface area contributed by atoms with Crippen molar-refractivity contribution >= 4 is 17.9 Å². The summed E-state index contributed by atoms with van der Waals surface area (Å²) in [7, 11) is 0. The number of nitrogens with zero attached hydrogens (tertiary/aromatic N) is 1. The normalized spacial score (nSPS) is 12.3. The summed E-state index contributed by atoms with van der Waals surface area (Å²) in [6, 6.07) is 0. The summed E-state index contributed by atoms with van der Waals surface area (Å²) < 4.78 is 17.2. The van der Waals surface area contributed by atoms with E-state index < -0.39 is 17.4 Å². The van der Waals surface area contributed by atoms with E-state index in [4.69, 9.17) is 14.2 Å². The largest absolute Gasteiger partial charge is 0.465 e. The lowest BCUT2D eigenvalue weighted by Crippen LogP contribution is -2.39. The Bertz CT molecular complexity index is 913. The highest BCUT2D eigenvalue weighted by Crippen LogP contribution is 2.29. The van der Waals surface area contributed by atoms with Gasteiger partial charge in [0.1, 0.15) is 0 Å². The molecule has 0 aliphatic rings. The maximum atomic E-state index is 13.3. The molecule has 1 atom stereocenters. The molecule has 0 aromatic carbocycles. The van der Waals surface area contributed by atoms with Crippen molar-refractivity contribution in [3.05, 3.63) is 0 Å². The van der Waals surface area contributed by atoms with Crippen LogP contribution in [0.2, 0.25) is 0 Å². The molecule has 0 saturated heterocycles. The average molecular weight is 838 g/mol. The second-order valence-corrected chi connectivity index (χ2v) is 17.9. The lowest BCUT2D eigenvalue weighted by Gasteiger charge is -2.26. The Morgan fingerprint density at radius 1 is 0.441 bits per heavy atom. The predicted molar refractivity (Wildman–Crippen MR) is 248 cm³/mol.